The molecule has 0 amide bonds. The Morgan fingerprint density at radius 1 is 1.24 bits per heavy atom. The summed E-state index contributed by atoms with van der Waals surface area (Å²) in [6.45, 7) is 11.0. The Balaban J connectivity index is 2.24. The highest BCUT2D eigenvalue weighted by molar-refractivity contribution is 4.85. The first kappa shape index (κ1) is 15.0. The fourth-order valence-corrected chi connectivity index (χ4v) is 2.63. The van der Waals surface area contributed by atoms with Gasteiger partial charge in [0.1, 0.15) is 0 Å². The summed E-state index contributed by atoms with van der Waals surface area (Å²) in [4.78, 5) is 0. The van der Waals surface area contributed by atoms with Gasteiger partial charge in [-0.2, -0.15) is 0 Å². The molecule has 2 heteroatoms. The zero-order chi connectivity index (χ0) is 12.6. The van der Waals surface area contributed by atoms with Crippen LogP contribution in [0.25, 0.3) is 0 Å². The minimum Gasteiger partial charge on any atom is -0.381 e. The molecular formula is C15H31NO. The number of nitrogens with one attached hydrogen (secondary N) is 1. The molecule has 0 radical (unpaired) electrons. The first-order chi connectivity index (χ1) is 8.18. The number of hydrogen-bond donors (Lipinski definition) is 1. The van der Waals surface area contributed by atoms with Crippen LogP contribution in [-0.4, -0.2) is 26.3 Å². The normalized spacial score (nSPS) is 24.7. The van der Waals surface area contributed by atoms with Crippen molar-refractivity contribution in [3.8, 4) is 0 Å². The molecule has 102 valence electrons. The fourth-order valence-electron chi connectivity index (χ4n) is 2.63. The van der Waals surface area contributed by atoms with Crippen LogP contribution >= 0.6 is 0 Å². The molecule has 17 heavy (non-hydrogen) atoms. The van der Waals surface area contributed by atoms with Gasteiger partial charge in [0.2, 0.25) is 0 Å². The van der Waals surface area contributed by atoms with Crippen molar-refractivity contribution in [1.82, 2.24) is 5.32 Å². The molecule has 0 aromatic carbocycles. The van der Waals surface area contributed by atoms with E-state index in [1.807, 2.05) is 0 Å². The molecule has 0 spiro atoms. The van der Waals surface area contributed by atoms with Crippen LogP contribution in [0.3, 0.4) is 0 Å². The lowest BCUT2D eigenvalue weighted by atomic mass is 9.81. The van der Waals surface area contributed by atoms with Crippen molar-refractivity contribution in [2.45, 2.75) is 59.3 Å². The smallest absolute Gasteiger partial charge is 0.0535 e. The molecule has 1 N–H and O–H groups in total. The second-order valence-corrected chi connectivity index (χ2v) is 6.14. The quantitative estimate of drug-likeness (QED) is 0.623. The molecule has 0 aromatic rings. The van der Waals surface area contributed by atoms with Gasteiger partial charge in [0.05, 0.1) is 6.61 Å². The van der Waals surface area contributed by atoms with Gasteiger partial charge >= 0.3 is 0 Å². The number of unbranched alkanes of at least 4 members (excludes halogenated alkanes) is 3. The maximum Gasteiger partial charge on any atom is 0.0535 e. The Bertz CT molecular complexity index is 185. The van der Waals surface area contributed by atoms with E-state index in [1.165, 1.54) is 38.5 Å². The predicted octanol–water partition coefficient (Wildman–Crippen LogP) is 3.61. The van der Waals surface area contributed by atoms with Gasteiger partial charge in [0.15, 0.2) is 0 Å². The van der Waals surface area contributed by atoms with Crippen molar-refractivity contribution < 1.29 is 4.74 Å². The van der Waals surface area contributed by atoms with Gasteiger partial charge < -0.3 is 10.1 Å². The van der Waals surface area contributed by atoms with Gasteiger partial charge in [-0.25, -0.2) is 0 Å². The van der Waals surface area contributed by atoms with Gasteiger partial charge in [-0.15, -0.1) is 0 Å². The molecule has 1 heterocycles. The molecule has 0 saturated carbocycles. The Morgan fingerprint density at radius 3 is 2.65 bits per heavy atom. The van der Waals surface area contributed by atoms with Crippen molar-refractivity contribution >= 4 is 0 Å². The SMILES string of the molecule is CCCCCCC1(CNCC(C)C)CCOC1. The molecule has 1 atom stereocenters. The summed E-state index contributed by atoms with van der Waals surface area (Å²) in [6, 6.07) is 0. The van der Waals surface area contributed by atoms with Crippen molar-refractivity contribution in [3.05, 3.63) is 0 Å². The van der Waals surface area contributed by atoms with E-state index in [4.69, 9.17) is 4.74 Å². The van der Waals surface area contributed by atoms with Crippen LogP contribution in [0.4, 0.5) is 0 Å². The van der Waals surface area contributed by atoms with E-state index in [0.29, 0.717) is 5.41 Å². The summed E-state index contributed by atoms with van der Waals surface area (Å²) in [6.07, 6.45) is 8.08. The van der Waals surface area contributed by atoms with Gasteiger partial charge in [0.25, 0.3) is 0 Å². The Labute approximate surface area is 108 Å². The molecule has 1 unspecified atom stereocenters. The van der Waals surface area contributed by atoms with Gasteiger partial charge in [-0.1, -0.05) is 46.5 Å². The highest BCUT2D eigenvalue weighted by Crippen LogP contribution is 2.33. The summed E-state index contributed by atoms with van der Waals surface area (Å²) >= 11 is 0. The maximum absolute atomic E-state index is 5.64. The van der Waals surface area contributed by atoms with Crippen LogP contribution in [0.1, 0.15) is 59.3 Å². The van der Waals surface area contributed by atoms with E-state index in [9.17, 15) is 0 Å². The highest BCUT2D eigenvalue weighted by atomic mass is 16.5. The van der Waals surface area contributed by atoms with Crippen LogP contribution < -0.4 is 5.32 Å². The Morgan fingerprint density at radius 2 is 2.06 bits per heavy atom. The third-order valence-electron chi connectivity index (χ3n) is 3.80. The highest BCUT2D eigenvalue weighted by Gasteiger charge is 2.33. The second-order valence-electron chi connectivity index (χ2n) is 6.14. The van der Waals surface area contributed by atoms with Crippen molar-refractivity contribution in [2.24, 2.45) is 11.3 Å². The maximum atomic E-state index is 5.64. The Hall–Kier alpha value is -0.0800. The topological polar surface area (TPSA) is 21.3 Å². The summed E-state index contributed by atoms with van der Waals surface area (Å²) in [5.74, 6) is 0.745. The van der Waals surface area contributed by atoms with E-state index >= 15 is 0 Å². The average Bonchev–Trinajstić information content (AvgIpc) is 2.73. The van der Waals surface area contributed by atoms with E-state index in [1.54, 1.807) is 0 Å². The van der Waals surface area contributed by atoms with E-state index < -0.39 is 0 Å². The third kappa shape index (κ3) is 5.87. The molecule has 1 aliphatic heterocycles. The van der Waals surface area contributed by atoms with Gasteiger partial charge in [-0.05, 0) is 25.3 Å². The molecule has 2 nitrogen and oxygen atoms in total. The molecule has 1 saturated heterocycles. The van der Waals surface area contributed by atoms with E-state index in [-0.39, 0.29) is 0 Å². The lowest BCUT2D eigenvalue weighted by molar-refractivity contribution is 0.141. The van der Waals surface area contributed by atoms with E-state index in [0.717, 1.165) is 32.2 Å². The molecule has 0 bridgehead atoms. The number of hydrogen-bond acceptors (Lipinski definition) is 2. The van der Waals surface area contributed by atoms with Crippen LogP contribution in [0.2, 0.25) is 0 Å². The lowest BCUT2D eigenvalue weighted by Crippen LogP contribution is -2.36. The first-order valence-electron chi connectivity index (χ1n) is 7.47. The average molecular weight is 241 g/mol. The molecule has 0 aliphatic carbocycles. The molecular weight excluding hydrogens is 210 g/mol. The van der Waals surface area contributed by atoms with Crippen LogP contribution in [0.15, 0.2) is 0 Å². The van der Waals surface area contributed by atoms with E-state index in [2.05, 4.69) is 26.1 Å². The molecule has 1 aliphatic rings. The second kappa shape index (κ2) is 8.10. The predicted molar refractivity (Wildman–Crippen MR) is 74.3 cm³/mol. The fraction of sp³-hybridized carbons (Fsp3) is 1.00. The third-order valence-corrected chi connectivity index (χ3v) is 3.80. The van der Waals surface area contributed by atoms with Crippen molar-refractivity contribution in [2.75, 3.05) is 26.3 Å². The number of rotatable bonds is 9. The lowest BCUT2D eigenvalue weighted by Gasteiger charge is -2.28. The molecule has 1 fully saturated rings. The largest absolute Gasteiger partial charge is 0.381 e. The zero-order valence-electron chi connectivity index (χ0n) is 12.1. The molecule has 1 rings (SSSR count). The van der Waals surface area contributed by atoms with Crippen molar-refractivity contribution in [1.29, 1.82) is 0 Å². The zero-order valence-corrected chi connectivity index (χ0v) is 12.1. The van der Waals surface area contributed by atoms with Gasteiger partial charge in [0, 0.05) is 18.6 Å². The van der Waals surface area contributed by atoms with Crippen LogP contribution in [0.5, 0.6) is 0 Å². The monoisotopic (exact) mass is 241 g/mol. The summed E-state index contributed by atoms with van der Waals surface area (Å²) in [5, 5.41) is 3.63. The molecule has 0 aromatic heterocycles. The summed E-state index contributed by atoms with van der Waals surface area (Å²) < 4.78 is 5.64. The van der Waals surface area contributed by atoms with Crippen LogP contribution in [0, 0.1) is 11.3 Å². The minimum absolute atomic E-state index is 0.447. The summed E-state index contributed by atoms with van der Waals surface area (Å²) in [7, 11) is 0. The van der Waals surface area contributed by atoms with Crippen LogP contribution in [-0.2, 0) is 4.74 Å². The Kier molecular flexibility index (Phi) is 7.14. The van der Waals surface area contributed by atoms with Gasteiger partial charge in [-0.3, -0.25) is 0 Å². The first-order valence-corrected chi connectivity index (χ1v) is 7.47. The standard InChI is InChI=1S/C15H31NO/c1-4-5-6-7-8-15(9-10-17-13-15)12-16-11-14(2)3/h14,16H,4-13H2,1-3H3. The van der Waals surface area contributed by atoms with Crippen molar-refractivity contribution in [3.63, 3.8) is 0 Å². The minimum atomic E-state index is 0.447. The number of ether oxygens (including phenoxy) is 1. The summed E-state index contributed by atoms with van der Waals surface area (Å²) in [5.41, 5.74) is 0.447.